The lowest BCUT2D eigenvalue weighted by atomic mass is 9.83. The molecule has 0 spiro atoms. The summed E-state index contributed by atoms with van der Waals surface area (Å²) in [6.45, 7) is -0.155. The number of nitrogens with one attached hydrogen (secondary N) is 1. The second-order valence-corrected chi connectivity index (χ2v) is 7.02. The zero-order valence-electron chi connectivity index (χ0n) is 15.2. The minimum atomic E-state index is -1.84. The van der Waals surface area contributed by atoms with E-state index < -0.39 is 23.6 Å². The highest BCUT2D eigenvalue weighted by Crippen LogP contribution is 2.53. The standard InChI is InChI=1S/C20H17F2N5O2/c21-15-5-4-13(26-18(28)16-6-1-11(8-23)9-25-16)7-14(15)20(12-2-3-12)19(22)29-10-17(24)27-20/h1,4-7,9,12,19H,2-3,10H2,(H2,24,27)(H,26,28)/t19-,20+/m0/s1. The van der Waals surface area contributed by atoms with Gasteiger partial charge in [-0.3, -0.25) is 9.79 Å². The lowest BCUT2D eigenvalue weighted by Crippen LogP contribution is -2.47. The van der Waals surface area contributed by atoms with Crippen molar-refractivity contribution in [3.05, 3.63) is 59.2 Å². The Hall–Kier alpha value is -3.38. The van der Waals surface area contributed by atoms with Crippen molar-refractivity contribution in [1.29, 1.82) is 5.26 Å². The fraction of sp³-hybridized carbons (Fsp3) is 0.300. The van der Waals surface area contributed by atoms with Crippen LogP contribution in [0.1, 0.15) is 34.5 Å². The number of rotatable bonds is 4. The molecule has 1 aromatic heterocycles. The van der Waals surface area contributed by atoms with E-state index in [2.05, 4.69) is 15.3 Å². The highest BCUT2D eigenvalue weighted by molar-refractivity contribution is 6.02. The van der Waals surface area contributed by atoms with Crippen LogP contribution in [0.4, 0.5) is 14.5 Å². The Bertz CT molecular complexity index is 1030. The number of ether oxygens (including phenoxy) is 1. The Morgan fingerprint density at radius 2 is 2.14 bits per heavy atom. The van der Waals surface area contributed by atoms with Crippen molar-refractivity contribution in [1.82, 2.24) is 4.98 Å². The fourth-order valence-electron chi connectivity index (χ4n) is 3.51. The largest absolute Gasteiger partial charge is 0.385 e. The number of carbonyl (C=O) groups excluding carboxylic acids is 1. The number of amides is 1. The van der Waals surface area contributed by atoms with Crippen LogP contribution in [-0.2, 0) is 10.3 Å². The van der Waals surface area contributed by atoms with E-state index in [9.17, 15) is 13.6 Å². The van der Waals surface area contributed by atoms with Crippen LogP contribution >= 0.6 is 0 Å². The molecule has 0 radical (unpaired) electrons. The number of carbonyl (C=O) groups is 1. The number of benzene rings is 1. The average Bonchev–Trinajstić information content (AvgIpc) is 3.57. The molecule has 0 unspecified atom stereocenters. The van der Waals surface area contributed by atoms with Gasteiger partial charge in [-0.25, -0.2) is 13.8 Å². The Balaban J connectivity index is 1.68. The van der Waals surface area contributed by atoms with Crippen LogP contribution in [0.2, 0.25) is 0 Å². The van der Waals surface area contributed by atoms with Gasteiger partial charge in [0.25, 0.3) is 5.91 Å². The molecule has 1 aromatic carbocycles. The number of nitrogens with two attached hydrogens (primary N) is 1. The van der Waals surface area contributed by atoms with E-state index in [0.717, 1.165) is 6.07 Å². The van der Waals surface area contributed by atoms with Gasteiger partial charge in [0.15, 0.2) is 0 Å². The van der Waals surface area contributed by atoms with Crippen molar-refractivity contribution in [2.45, 2.75) is 24.7 Å². The highest BCUT2D eigenvalue weighted by Gasteiger charge is 2.56. The third kappa shape index (κ3) is 3.43. The number of hydrogen-bond acceptors (Lipinski definition) is 6. The van der Waals surface area contributed by atoms with E-state index in [1.54, 1.807) is 0 Å². The van der Waals surface area contributed by atoms with Crippen LogP contribution < -0.4 is 11.1 Å². The lowest BCUT2D eigenvalue weighted by Gasteiger charge is -2.37. The number of pyridine rings is 1. The molecular formula is C20H17F2N5O2. The van der Waals surface area contributed by atoms with Crippen LogP contribution in [0.25, 0.3) is 0 Å². The third-order valence-electron chi connectivity index (χ3n) is 5.03. The number of aliphatic imine (C=N–C) groups is 1. The minimum absolute atomic E-state index is 0.0132. The molecule has 2 atom stereocenters. The first kappa shape index (κ1) is 19.0. The van der Waals surface area contributed by atoms with Gasteiger partial charge in [0.1, 0.15) is 35.6 Å². The predicted molar refractivity (Wildman–Crippen MR) is 100 cm³/mol. The number of nitriles is 1. The number of alkyl halides is 1. The van der Waals surface area contributed by atoms with Crippen LogP contribution in [0.3, 0.4) is 0 Å². The first-order valence-corrected chi connectivity index (χ1v) is 9.01. The number of aromatic nitrogens is 1. The summed E-state index contributed by atoms with van der Waals surface area (Å²) in [5.41, 5.74) is 4.85. The smallest absolute Gasteiger partial charge is 0.274 e. The van der Waals surface area contributed by atoms with Crippen molar-refractivity contribution in [2.24, 2.45) is 16.6 Å². The molecule has 9 heteroatoms. The van der Waals surface area contributed by atoms with Crippen molar-refractivity contribution < 1.29 is 18.3 Å². The molecule has 29 heavy (non-hydrogen) atoms. The Morgan fingerprint density at radius 3 is 2.79 bits per heavy atom. The molecular weight excluding hydrogens is 380 g/mol. The topological polar surface area (TPSA) is 113 Å². The molecule has 3 N–H and O–H groups in total. The molecule has 0 bridgehead atoms. The molecule has 1 saturated carbocycles. The normalized spacial score (nSPS) is 23.8. The van der Waals surface area contributed by atoms with Gasteiger partial charge in [-0.2, -0.15) is 5.26 Å². The second-order valence-electron chi connectivity index (χ2n) is 7.02. The van der Waals surface area contributed by atoms with E-state index >= 15 is 0 Å². The zero-order valence-corrected chi connectivity index (χ0v) is 15.2. The first-order chi connectivity index (χ1) is 13.9. The summed E-state index contributed by atoms with van der Waals surface area (Å²) >= 11 is 0. The average molecular weight is 397 g/mol. The Morgan fingerprint density at radius 1 is 1.34 bits per heavy atom. The van der Waals surface area contributed by atoms with Gasteiger partial charge < -0.3 is 15.8 Å². The molecule has 1 aliphatic carbocycles. The van der Waals surface area contributed by atoms with Crippen molar-refractivity contribution in [3.8, 4) is 6.07 Å². The third-order valence-corrected chi connectivity index (χ3v) is 5.03. The predicted octanol–water partition coefficient (Wildman–Crippen LogP) is 2.63. The molecule has 4 rings (SSSR count). The number of anilines is 1. The molecule has 1 amide bonds. The van der Waals surface area contributed by atoms with Gasteiger partial charge in [0.2, 0.25) is 6.36 Å². The number of amidine groups is 1. The molecule has 2 aromatic rings. The number of nitrogens with zero attached hydrogens (tertiary/aromatic N) is 3. The summed E-state index contributed by atoms with van der Waals surface area (Å²) in [6.07, 6.45) is 0.776. The summed E-state index contributed by atoms with van der Waals surface area (Å²) in [7, 11) is 0. The quantitative estimate of drug-likeness (QED) is 0.823. The molecule has 7 nitrogen and oxygen atoms in total. The molecule has 2 heterocycles. The van der Waals surface area contributed by atoms with E-state index in [0.29, 0.717) is 18.4 Å². The molecule has 0 saturated heterocycles. The summed E-state index contributed by atoms with van der Waals surface area (Å²) in [5, 5.41) is 11.4. The molecule has 148 valence electrons. The maximum atomic E-state index is 14.9. The Kier molecular flexibility index (Phi) is 4.72. The minimum Gasteiger partial charge on any atom is -0.385 e. The van der Waals surface area contributed by atoms with E-state index in [1.807, 2.05) is 6.07 Å². The van der Waals surface area contributed by atoms with Crippen molar-refractivity contribution >= 4 is 17.4 Å². The fourth-order valence-corrected chi connectivity index (χ4v) is 3.51. The monoisotopic (exact) mass is 397 g/mol. The molecule has 1 fully saturated rings. The second kappa shape index (κ2) is 7.22. The summed E-state index contributed by atoms with van der Waals surface area (Å²) in [6, 6.07) is 8.65. The van der Waals surface area contributed by atoms with Crippen molar-refractivity contribution in [3.63, 3.8) is 0 Å². The van der Waals surface area contributed by atoms with Gasteiger partial charge in [-0.15, -0.1) is 0 Å². The maximum absolute atomic E-state index is 14.9. The van der Waals surface area contributed by atoms with E-state index in [4.69, 9.17) is 15.7 Å². The molecule has 2 aliphatic rings. The zero-order chi connectivity index (χ0) is 20.6. The number of hydrogen-bond donors (Lipinski definition) is 2. The SMILES string of the molecule is N#Cc1ccc(C(=O)Nc2ccc(F)c([C@@]3(C4CC4)N=C(N)CO[C@@H]3F)c2)nc1. The maximum Gasteiger partial charge on any atom is 0.274 e. The number of halogens is 2. The summed E-state index contributed by atoms with van der Waals surface area (Å²) in [4.78, 5) is 20.6. The first-order valence-electron chi connectivity index (χ1n) is 9.01. The van der Waals surface area contributed by atoms with Gasteiger partial charge in [0.05, 0.1) is 5.56 Å². The van der Waals surface area contributed by atoms with Crippen LogP contribution in [0.5, 0.6) is 0 Å². The lowest BCUT2D eigenvalue weighted by molar-refractivity contribution is -0.0940. The molecule has 1 aliphatic heterocycles. The Labute approximate surface area is 165 Å². The summed E-state index contributed by atoms with van der Waals surface area (Å²) in [5.74, 6) is -1.35. The summed E-state index contributed by atoms with van der Waals surface area (Å²) < 4.78 is 34.7. The van der Waals surface area contributed by atoms with Crippen LogP contribution in [0.15, 0.2) is 41.5 Å². The van der Waals surface area contributed by atoms with Crippen LogP contribution in [0, 0.1) is 23.1 Å². The van der Waals surface area contributed by atoms with E-state index in [-0.39, 0.29) is 35.3 Å². The van der Waals surface area contributed by atoms with Gasteiger partial charge >= 0.3 is 0 Å². The van der Waals surface area contributed by atoms with E-state index in [1.165, 1.54) is 30.5 Å². The van der Waals surface area contributed by atoms with Gasteiger partial charge in [-0.05, 0) is 49.1 Å². The van der Waals surface area contributed by atoms with Gasteiger partial charge in [0, 0.05) is 17.4 Å². The van der Waals surface area contributed by atoms with Crippen molar-refractivity contribution in [2.75, 3.05) is 11.9 Å². The van der Waals surface area contributed by atoms with Gasteiger partial charge in [-0.1, -0.05) is 0 Å². The van der Waals surface area contributed by atoms with Crippen LogP contribution in [-0.4, -0.2) is 29.7 Å². The highest BCUT2D eigenvalue weighted by atomic mass is 19.1.